The van der Waals surface area contributed by atoms with Gasteiger partial charge >= 0.3 is 0 Å². The largest absolute Gasteiger partial charge is 0.244 e. The van der Waals surface area contributed by atoms with E-state index in [1.165, 1.54) is 0 Å². The molecular formula is C9H13F5. The van der Waals surface area contributed by atoms with Crippen LogP contribution in [0.5, 0.6) is 0 Å². The van der Waals surface area contributed by atoms with Gasteiger partial charge in [-0.25, -0.2) is 22.0 Å². The SMILES string of the molecule is CCCC1C(F)C(F)C(F)C(F)C1F. The normalized spacial score (nSPS) is 49.3. The van der Waals surface area contributed by atoms with Gasteiger partial charge in [0.15, 0.2) is 18.5 Å². The Labute approximate surface area is 79.5 Å². The van der Waals surface area contributed by atoms with E-state index >= 15 is 0 Å². The van der Waals surface area contributed by atoms with E-state index in [9.17, 15) is 22.0 Å². The molecule has 1 rings (SSSR count). The van der Waals surface area contributed by atoms with E-state index < -0.39 is 36.8 Å². The second-order valence-corrected chi connectivity index (χ2v) is 3.67. The quantitative estimate of drug-likeness (QED) is 0.622. The minimum absolute atomic E-state index is 0.0376. The van der Waals surface area contributed by atoms with Crippen LogP contribution in [0.15, 0.2) is 0 Å². The van der Waals surface area contributed by atoms with Crippen LogP contribution in [0.4, 0.5) is 22.0 Å². The average Bonchev–Trinajstić information content (AvgIpc) is 2.19. The van der Waals surface area contributed by atoms with Crippen molar-refractivity contribution in [2.45, 2.75) is 50.6 Å². The van der Waals surface area contributed by atoms with Crippen molar-refractivity contribution < 1.29 is 22.0 Å². The Morgan fingerprint density at radius 2 is 1.07 bits per heavy atom. The second kappa shape index (κ2) is 4.45. The van der Waals surface area contributed by atoms with Gasteiger partial charge < -0.3 is 0 Å². The van der Waals surface area contributed by atoms with Gasteiger partial charge in [-0.15, -0.1) is 0 Å². The molecule has 0 nitrogen and oxygen atoms in total. The lowest BCUT2D eigenvalue weighted by molar-refractivity contribution is -0.0903. The van der Waals surface area contributed by atoms with Crippen molar-refractivity contribution in [3.63, 3.8) is 0 Å². The van der Waals surface area contributed by atoms with Crippen LogP contribution in [0.2, 0.25) is 0 Å². The molecule has 0 heterocycles. The topological polar surface area (TPSA) is 0 Å². The van der Waals surface area contributed by atoms with E-state index in [0.717, 1.165) is 0 Å². The maximum absolute atomic E-state index is 13.1. The van der Waals surface area contributed by atoms with Crippen molar-refractivity contribution in [1.29, 1.82) is 0 Å². The zero-order valence-corrected chi connectivity index (χ0v) is 7.77. The molecule has 1 fully saturated rings. The maximum Gasteiger partial charge on any atom is 0.168 e. The number of hydrogen-bond donors (Lipinski definition) is 0. The zero-order valence-electron chi connectivity index (χ0n) is 7.77. The highest BCUT2D eigenvalue weighted by Crippen LogP contribution is 2.37. The van der Waals surface area contributed by atoms with Crippen LogP contribution in [0.25, 0.3) is 0 Å². The summed E-state index contributed by atoms with van der Waals surface area (Å²) < 4.78 is 64.4. The first-order valence-electron chi connectivity index (χ1n) is 4.71. The Kier molecular flexibility index (Phi) is 3.72. The molecule has 0 aromatic rings. The van der Waals surface area contributed by atoms with Crippen LogP contribution in [0.3, 0.4) is 0 Å². The van der Waals surface area contributed by atoms with Crippen molar-refractivity contribution in [3.05, 3.63) is 0 Å². The molecule has 1 aliphatic rings. The highest BCUT2D eigenvalue weighted by Gasteiger charge is 2.52. The molecule has 1 saturated carbocycles. The standard InChI is InChI=1S/C9H13F5/c1-2-3-4-5(10)7(12)9(14)8(13)6(4)11/h4-9H,2-3H2,1H3. The number of alkyl halides is 5. The fourth-order valence-corrected chi connectivity index (χ4v) is 1.83. The van der Waals surface area contributed by atoms with Crippen LogP contribution >= 0.6 is 0 Å². The van der Waals surface area contributed by atoms with Gasteiger partial charge in [-0.05, 0) is 6.42 Å². The fourth-order valence-electron chi connectivity index (χ4n) is 1.83. The zero-order chi connectivity index (χ0) is 10.9. The van der Waals surface area contributed by atoms with Crippen LogP contribution in [-0.4, -0.2) is 30.9 Å². The minimum atomic E-state index is -2.67. The summed E-state index contributed by atoms with van der Waals surface area (Å²) in [7, 11) is 0. The Morgan fingerprint density at radius 1 is 0.714 bits per heavy atom. The van der Waals surface area contributed by atoms with Crippen LogP contribution in [0.1, 0.15) is 19.8 Å². The molecule has 84 valence electrons. The summed E-state index contributed by atoms with van der Waals surface area (Å²) in [6.45, 7) is 1.65. The molecule has 0 bridgehead atoms. The molecule has 0 aromatic heterocycles. The first-order chi connectivity index (χ1) is 6.50. The molecule has 0 aromatic carbocycles. The smallest absolute Gasteiger partial charge is 0.168 e. The Balaban J connectivity index is 2.75. The third kappa shape index (κ3) is 1.86. The number of halogens is 5. The van der Waals surface area contributed by atoms with E-state index in [0.29, 0.717) is 6.42 Å². The second-order valence-electron chi connectivity index (χ2n) is 3.67. The van der Waals surface area contributed by atoms with Crippen molar-refractivity contribution >= 4 is 0 Å². The lowest BCUT2D eigenvalue weighted by Gasteiger charge is -2.36. The van der Waals surface area contributed by atoms with Gasteiger partial charge in [0.25, 0.3) is 0 Å². The molecule has 0 saturated heterocycles. The molecule has 0 N–H and O–H groups in total. The third-order valence-corrected chi connectivity index (χ3v) is 2.66. The van der Waals surface area contributed by atoms with E-state index in [4.69, 9.17) is 0 Å². The molecule has 14 heavy (non-hydrogen) atoms. The number of rotatable bonds is 2. The van der Waals surface area contributed by atoms with Crippen molar-refractivity contribution in [1.82, 2.24) is 0 Å². The summed E-state index contributed by atoms with van der Waals surface area (Å²) in [5, 5.41) is 0. The van der Waals surface area contributed by atoms with Gasteiger partial charge in [-0.2, -0.15) is 0 Å². The van der Waals surface area contributed by atoms with Crippen molar-refractivity contribution in [2.24, 2.45) is 5.92 Å². The highest BCUT2D eigenvalue weighted by molar-refractivity contribution is 4.99. The summed E-state index contributed by atoms with van der Waals surface area (Å²) >= 11 is 0. The molecule has 1 aliphatic carbocycles. The predicted molar refractivity (Wildman–Crippen MR) is 42.9 cm³/mol. The molecule has 0 amide bonds. The molecule has 0 radical (unpaired) electrons. The van der Waals surface area contributed by atoms with Gasteiger partial charge in [0.1, 0.15) is 12.3 Å². The van der Waals surface area contributed by atoms with E-state index in [2.05, 4.69) is 0 Å². The van der Waals surface area contributed by atoms with Gasteiger partial charge in [-0.3, -0.25) is 0 Å². The van der Waals surface area contributed by atoms with Gasteiger partial charge in [-0.1, -0.05) is 13.3 Å². The summed E-state index contributed by atoms with van der Waals surface area (Å²) in [6.07, 6.45) is -11.7. The molecular weight excluding hydrogens is 203 g/mol. The van der Waals surface area contributed by atoms with Gasteiger partial charge in [0.05, 0.1) is 0 Å². The first-order valence-corrected chi connectivity index (χ1v) is 4.71. The van der Waals surface area contributed by atoms with E-state index in [1.807, 2.05) is 0 Å². The Morgan fingerprint density at radius 3 is 1.43 bits per heavy atom. The molecule has 4 unspecified atom stereocenters. The third-order valence-electron chi connectivity index (χ3n) is 2.66. The summed E-state index contributed by atoms with van der Waals surface area (Å²) in [5.74, 6) is -1.35. The molecule has 0 spiro atoms. The lowest BCUT2D eigenvalue weighted by atomic mass is 9.80. The van der Waals surface area contributed by atoms with Crippen LogP contribution in [0, 0.1) is 5.92 Å². The van der Waals surface area contributed by atoms with Gasteiger partial charge in [0.2, 0.25) is 0 Å². The summed E-state index contributed by atoms with van der Waals surface area (Å²) in [5.41, 5.74) is 0. The molecule has 0 aliphatic heterocycles. The van der Waals surface area contributed by atoms with Crippen molar-refractivity contribution in [3.8, 4) is 0 Å². The summed E-state index contributed by atoms with van der Waals surface area (Å²) in [4.78, 5) is 0. The summed E-state index contributed by atoms with van der Waals surface area (Å²) in [6, 6.07) is 0. The maximum atomic E-state index is 13.1. The lowest BCUT2D eigenvalue weighted by Crippen LogP contribution is -2.53. The average molecular weight is 216 g/mol. The highest BCUT2D eigenvalue weighted by atomic mass is 19.2. The van der Waals surface area contributed by atoms with Crippen LogP contribution in [-0.2, 0) is 0 Å². The molecule has 5 heteroatoms. The van der Waals surface area contributed by atoms with Crippen LogP contribution < -0.4 is 0 Å². The predicted octanol–water partition coefficient (Wildman–Crippen LogP) is 3.11. The number of hydrogen-bond acceptors (Lipinski definition) is 0. The van der Waals surface area contributed by atoms with Gasteiger partial charge in [0, 0.05) is 5.92 Å². The first kappa shape index (κ1) is 11.7. The van der Waals surface area contributed by atoms with E-state index in [-0.39, 0.29) is 6.42 Å². The fraction of sp³-hybridized carbons (Fsp3) is 1.00. The Hall–Kier alpha value is -0.350. The van der Waals surface area contributed by atoms with Crippen molar-refractivity contribution in [2.75, 3.05) is 0 Å². The monoisotopic (exact) mass is 216 g/mol. The van der Waals surface area contributed by atoms with E-state index in [1.54, 1.807) is 6.92 Å². The Bertz CT molecular complexity index is 170. The molecule has 4 atom stereocenters. The minimum Gasteiger partial charge on any atom is -0.244 e.